The topological polar surface area (TPSA) is 52.1 Å². The highest BCUT2D eigenvalue weighted by molar-refractivity contribution is 14.0. The van der Waals surface area contributed by atoms with E-state index in [9.17, 15) is 0 Å². The van der Waals surface area contributed by atoms with Gasteiger partial charge in [0.15, 0.2) is 5.96 Å². The quantitative estimate of drug-likeness (QED) is 0.341. The second kappa shape index (κ2) is 11.2. The SMILES string of the molecule is CN=C(NCc1c(Cl)cccc1N1CCN(C)CC1)NC1CCOc2ccccc21.I. The number of para-hydroxylation sites is 1. The number of rotatable bonds is 4. The number of ether oxygens (including phenoxy) is 1. The van der Waals surface area contributed by atoms with Crippen LogP contribution in [0, 0.1) is 0 Å². The second-order valence-electron chi connectivity index (χ2n) is 7.83. The molecule has 0 bridgehead atoms. The van der Waals surface area contributed by atoms with E-state index in [0.717, 1.165) is 54.9 Å². The normalized spacial score (nSPS) is 19.1. The molecule has 31 heavy (non-hydrogen) atoms. The van der Waals surface area contributed by atoms with Gasteiger partial charge in [-0.2, -0.15) is 0 Å². The van der Waals surface area contributed by atoms with Gasteiger partial charge < -0.3 is 25.2 Å². The Balaban J connectivity index is 0.00000272. The number of hydrogen-bond acceptors (Lipinski definition) is 4. The van der Waals surface area contributed by atoms with E-state index in [4.69, 9.17) is 16.3 Å². The summed E-state index contributed by atoms with van der Waals surface area (Å²) in [6.07, 6.45) is 0.899. The maximum absolute atomic E-state index is 6.61. The number of nitrogens with zero attached hydrogens (tertiary/aromatic N) is 3. The Hall–Kier alpha value is -1.71. The summed E-state index contributed by atoms with van der Waals surface area (Å²) in [7, 11) is 3.97. The molecule has 0 aliphatic carbocycles. The molecule has 2 aromatic rings. The summed E-state index contributed by atoms with van der Waals surface area (Å²) in [5.74, 6) is 1.71. The highest BCUT2D eigenvalue weighted by Crippen LogP contribution is 2.32. The highest BCUT2D eigenvalue weighted by atomic mass is 127. The van der Waals surface area contributed by atoms with Gasteiger partial charge in [0.25, 0.3) is 0 Å². The number of piperazine rings is 1. The maximum Gasteiger partial charge on any atom is 0.191 e. The molecule has 0 saturated carbocycles. The van der Waals surface area contributed by atoms with Gasteiger partial charge in [-0.15, -0.1) is 24.0 Å². The lowest BCUT2D eigenvalue weighted by Crippen LogP contribution is -2.45. The fraction of sp³-hybridized carbons (Fsp3) is 0.435. The average Bonchev–Trinajstić information content (AvgIpc) is 2.78. The molecular weight excluding hydrogens is 525 g/mol. The van der Waals surface area contributed by atoms with Crippen molar-refractivity contribution in [1.29, 1.82) is 0 Å². The predicted molar refractivity (Wildman–Crippen MR) is 139 cm³/mol. The summed E-state index contributed by atoms with van der Waals surface area (Å²) in [4.78, 5) is 9.22. The molecule has 1 fully saturated rings. The van der Waals surface area contributed by atoms with Gasteiger partial charge in [-0.25, -0.2) is 0 Å². The molecule has 2 aromatic carbocycles. The third-order valence-electron chi connectivity index (χ3n) is 5.86. The van der Waals surface area contributed by atoms with Gasteiger partial charge in [0, 0.05) is 68.0 Å². The Morgan fingerprint density at radius 2 is 1.90 bits per heavy atom. The van der Waals surface area contributed by atoms with Crippen molar-refractivity contribution in [2.75, 3.05) is 51.8 Å². The first-order chi connectivity index (χ1) is 14.7. The number of anilines is 1. The molecule has 6 nitrogen and oxygen atoms in total. The Labute approximate surface area is 207 Å². The Kier molecular flexibility index (Phi) is 8.68. The van der Waals surface area contributed by atoms with Crippen molar-refractivity contribution in [3.05, 3.63) is 58.6 Å². The number of benzene rings is 2. The third-order valence-corrected chi connectivity index (χ3v) is 6.22. The number of guanidine groups is 1. The molecule has 0 radical (unpaired) electrons. The number of hydrogen-bond donors (Lipinski definition) is 2. The van der Waals surface area contributed by atoms with E-state index in [-0.39, 0.29) is 30.0 Å². The van der Waals surface area contributed by atoms with Crippen LogP contribution in [-0.4, -0.2) is 57.7 Å². The summed E-state index contributed by atoms with van der Waals surface area (Å²) in [5, 5.41) is 7.80. The molecule has 2 heterocycles. The van der Waals surface area contributed by atoms with E-state index in [2.05, 4.69) is 44.6 Å². The molecule has 8 heteroatoms. The van der Waals surface area contributed by atoms with Crippen molar-refractivity contribution < 1.29 is 4.74 Å². The fourth-order valence-electron chi connectivity index (χ4n) is 4.09. The monoisotopic (exact) mass is 555 g/mol. The van der Waals surface area contributed by atoms with Gasteiger partial charge >= 0.3 is 0 Å². The largest absolute Gasteiger partial charge is 0.493 e. The maximum atomic E-state index is 6.61. The number of nitrogens with one attached hydrogen (secondary N) is 2. The van der Waals surface area contributed by atoms with Crippen molar-refractivity contribution in [2.45, 2.75) is 19.0 Å². The van der Waals surface area contributed by atoms with E-state index < -0.39 is 0 Å². The molecule has 4 rings (SSSR count). The van der Waals surface area contributed by atoms with E-state index in [1.54, 1.807) is 7.05 Å². The van der Waals surface area contributed by atoms with Crippen LogP contribution < -0.4 is 20.3 Å². The van der Waals surface area contributed by atoms with Crippen molar-refractivity contribution in [3.8, 4) is 5.75 Å². The lowest BCUT2D eigenvalue weighted by molar-refractivity contribution is 0.261. The van der Waals surface area contributed by atoms with Crippen LogP contribution in [-0.2, 0) is 6.54 Å². The first-order valence-corrected chi connectivity index (χ1v) is 10.9. The standard InChI is InChI=1S/C23H30ClN5O.HI/c1-25-23(27-20-10-15-30-22-9-4-3-6-17(20)22)26-16-18-19(24)7-5-8-21(18)29-13-11-28(2)12-14-29;/h3-9,20H,10-16H2,1-2H3,(H2,25,26,27);1H. The molecule has 0 amide bonds. The van der Waals surface area contributed by atoms with E-state index in [0.29, 0.717) is 13.2 Å². The van der Waals surface area contributed by atoms with Crippen molar-refractivity contribution in [2.24, 2.45) is 4.99 Å². The number of fused-ring (bicyclic) bond motifs is 1. The number of aliphatic imine (C=N–C) groups is 1. The minimum absolute atomic E-state index is 0. The van der Waals surface area contributed by atoms with Crippen LogP contribution in [0.1, 0.15) is 23.6 Å². The van der Waals surface area contributed by atoms with E-state index in [1.165, 1.54) is 11.3 Å². The molecule has 0 aromatic heterocycles. The van der Waals surface area contributed by atoms with Crippen LogP contribution in [0.25, 0.3) is 0 Å². The Bertz CT molecular complexity index is 901. The smallest absolute Gasteiger partial charge is 0.191 e. The van der Waals surface area contributed by atoms with Crippen molar-refractivity contribution in [1.82, 2.24) is 15.5 Å². The van der Waals surface area contributed by atoms with Gasteiger partial charge in [-0.05, 0) is 25.2 Å². The van der Waals surface area contributed by atoms with Crippen LogP contribution in [0.5, 0.6) is 5.75 Å². The minimum atomic E-state index is 0. The zero-order chi connectivity index (χ0) is 20.9. The summed E-state index contributed by atoms with van der Waals surface area (Å²) < 4.78 is 5.78. The van der Waals surface area contributed by atoms with Crippen LogP contribution in [0.2, 0.25) is 5.02 Å². The molecule has 2 aliphatic heterocycles. The summed E-state index contributed by atoms with van der Waals surface area (Å²) in [5.41, 5.74) is 3.48. The van der Waals surface area contributed by atoms with Gasteiger partial charge in [-0.3, -0.25) is 4.99 Å². The molecule has 2 N–H and O–H groups in total. The highest BCUT2D eigenvalue weighted by Gasteiger charge is 2.22. The van der Waals surface area contributed by atoms with Gasteiger partial charge in [-0.1, -0.05) is 35.9 Å². The molecule has 0 spiro atoms. The molecule has 1 saturated heterocycles. The Morgan fingerprint density at radius 1 is 1.13 bits per heavy atom. The molecule has 1 unspecified atom stereocenters. The number of halogens is 2. The second-order valence-corrected chi connectivity index (χ2v) is 8.23. The van der Waals surface area contributed by atoms with Crippen LogP contribution in [0.4, 0.5) is 5.69 Å². The summed E-state index contributed by atoms with van der Waals surface area (Å²) >= 11 is 6.61. The first kappa shape index (κ1) is 23.9. The van der Waals surface area contributed by atoms with Gasteiger partial charge in [0.05, 0.1) is 12.6 Å². The predicted octanol–water partition coefficient (Wildman–Crippen LogP) is 3.90. The third kappa shape index (κ3) is 5.75. The van der Waals surface area contributed by atoms with Crippen LogP contribution in [0.3, 0.4) is 0 Å². The zero-order valence-electron chi connectivity index (χ0n) is 18.1. The van der Waals surface area contributed by atoms with E-state index in [1.807, 2.05) is 30.3 Å². The summed E-state index contributed by atoms with van der Waals surface area (Å²) in [6.45, 7) is 5.46. The van der Waals surface area contributed by atoms with E-state index >= 15 is 0 Å². The Morgan fingerprint density at radius 3 is 2.68 bits per heavy atom. The molecular formula is C23H31ClIN5O. The average molecular weight is 556 g/mol. The lowest BCUT2D eigenvalue weighted by Gasteiger charge is -2.35. The minimum Gasteiger partial charge on any atom is -0.493 e. The molecule has 168 valence electrons. The first-order valence-electron chi connectivity index (χ1n) is 10.6. The van der Waals surface area contributed by atoms with Crippen molar-refractivity contribution in [3.63, 3.8) is 0 Å². The molecule has 1 atom stereocenters. The molecule has 2 aliphatic rings. The van der Waals surface area contributed by atoms with Crippen molar-refractivity contribution >= 4 is 47.2 Å². The number of likely N-dealkylation sites (N-methyl/N-ethyl adjacent to an activating group) is 1. The van der Waals surface area contributed by atoms with Crippen LogP contribution >= 0.6 is 35.6 Å². The lowest BCUT2D eigenvalue weighted by atomic mass is 10.0. The fourth-order valence-corrected chi connectivity index (χ4v) is 4.33. The zero-order valence-corrected chi connectivity index (χ0v) is 21.2. The van der Waals surface area contributed by atoms with Gasteiger partial charge in [0.1, 0.15) is 5.75 Å². The van der Waals surface area contributed by atoms with Crippen LogP contribution in [0.15, 0.2) is 47.5 Å². The van der Waals surface area contributed by atoms with Gasteiger partial charge in [0.2, 0.25) is 0 Å². The summed E-state index contributed by atoms with van der Waals surface area (Å²) in [6, 6.07) is 14.5.